The number of hydrogen-bond donors (Lipinski definition) is 1. The van der Waals surface area contributed by atoms with Gasteiger partial charge in [-0.15, -0.1) is 0 Å². The average Bonchev–Trinajstić information content (AvgIpc) is 2.62. The highest BCUT2D eigenvalue weighted by Crippen LogP contribution is 2.23. The summed E-state index contributed by atoms with van der Waals surface area (Å²) in [5.74, 6) is -2.63. The Morgan fingerprint density at radius 1 is 0.862 bits per heavy atom. The minimum atomic E-state index is -4.69. The number of hydrogen-bond acceptors (Lipinski definition) is 6. The molecule has 0 unspecified atom stereocenters. The maximum Gasteiger partial charge on any atom is 0.422 e. The molecule has 0 aliphatic rings. The molecule has 13 heteroatoms. The molecule has 158 valence electrons. The van der Waals surface area contributed by atoms with Gasteiger partial charge in [0.15, 0.2) is 19.0 Å². The fraction of sp³-hybridized carbons (Fsp3) is 0.312. The Morgan fingerprint density at radius 3 is 1.76 bits per heavy atom. The normalized spacial score (nSPS) is 11.8. The van der Waals surface area contributed by atoms with Crippen LogP contribution in [-0.2, 0) is 6.61 Å². The van der Waals surface area contributed by atoms with E-state index in [0.29, 0.717) is 6.07 Å². The largest absolute Gasteiger partial charge is 0.486 e. The van der Waals surface area contributed by atoms with Gasteiger partial charge in [-0.2, -0.15) is 36.3 Å². The van der Waals surface area contributed by atoms with Gasteiger partial charge in [0.1, 0.15) is 12.4 Å². The Balaban J connectivity index is 2.13. The molecule has 1 aromatic heterocycles. The fourth-order valence-electron chi connectivity index (χ4n) is 1.82. The molecule has 0 saturated heterocycles. The minimum absolute atomic E-state index is 0.0148. The van der Waals surface area contributed by atoms with Crippen LogP contribution in [0.4, 0.5) is 26.3 Å². The van der Waals surface area contributed by atoms with E-state index in [-0.39, 0.29) is 17.1 Å². The highest BCUT2D eigenvalue weighted by atomic mass is 19.4. The van der Waals surface area contributed by atoms with Gasteiger partial charge >= 0.3 is 18.3 Å². The smallest absolute Gasteiger partial charge is 0.422 e. The standard InChI is InChI=1S/C16H12F6N2O5/c17-15(18,19)7-28-12-5-13(29-8-16(20,21)22)24-11(23-12)6-27-10-3-1-9(2-4-10)14(25)26/h1-5H,6-8H2,(H,25,26). The lowest BCUT2D eigenvalue weighted by atomic mass is 10.2. The third-order valence-corrected chi connectivity index (χ3v) is 2.96. The molecule has 29 heavy (non-hydrogen) atoms. The SMILES string of the molecule is O=C(O)c1ccc(OCc2nc(OCC(F)(F)F)cc(OCC(F)(F)F)n2)cc1. The number of aromatic carboxylic acids is 1. The van der Waals surface area contributed by atoms with Crippen LogP contribution in [0.15, 0.2) is 30.3 Å². The molecule has 7 nitrogen and oxygen atoms in total. The number of nitrogens with zero attached hydrogens (tertiary/aromatic N) is 2. The van der Waals surface area contributed by atoms with E-state index in [1.54, 1.807) is 0 Å². The van der Waals surface area contributed by atoms with Crippen molar-refractivity contribution in [1.29, 1.82) is 0 Å². The van der Waals surface area contributed by atoms with Crippen molar-refractivity contribution in [2.24, 2.45) is 0 Å². The Labute approximate surface area is 158 Å². The van der Waals surface area contributed by atoms with Crippen molar-refractivity contribution in [3.8, 4) is 17.5 Å². The van der Waals surface area contributed by atoms with Crippen molar-refractivity contribution >= 4 is 5.97 Å². The molecular weight excluding hydrogens is 414 g/mol. The molecule has 1 aromatic carbocycles. The second-order valence-corrected chi connectivity index (χ2v) is 5.39. The average molecular weight is 426 g/mol. The molecular formula is C16H12F6N2O5. The van der Waals surface area contributed by atoms with Gasteiger partial charge in [-0.3, -0.25) is 0 Å². The third-order valence-electron chi connectivity index (χ3n) is 2.96. The van der Waals surface area contributed by atoms with Gasteiger partial charge in [-0.1, -0.05) is 0 Å². The van der Waals surface area contributed by atoms with Crippen LogP contribution < -0.4 is 14.2 Å². The van der Waals surface area contributed by atoms with Gasteiger partial charge in [-0.25, -0.2) is 4.79 Å². The van der Waals surface area contributed by atoms with E-state index >= 15 is 0 Å². The van der Waals surface area contributed by atoms with Gasteiger partial charge in [0.2, 0.25) is 11.8 Å². The van der Waals surface area contributed by atoms with Crippen LogP contribution in [0.3, 0.4) is 0 Å². The summed E-state index contributed by atoms with van der Waals surface area (Å²) >= 11 is 0. The van der Waals surface area contributed by atoms with Crippen LogP contribution in [-0.4, -0.2) is 46.6 Å². The predicted molar refractivity (Wildman–Crippen MR) is 82.9 cm³/mol. The predicted octanol–water partition coefficient (Wildman–Crippen LogP) is 3.64. The molecule has 0 saturated carbocycles. The number of rotatable bonds is 8. The summed E-state index contributed by atoms with van der Waals surface area (Å²) in [4.78, 5) is 18.0. The summed E-state index contributed by atoms with van der Waals surface area (Å²) in [6, 6.07) is 5.75. The van der Waals surface area contributed by atoms with Gasteiger partial charge in [-0.05, 0) is 24.3 Å². The molecule has 0 amide bonds. The van der Waals surface area contributed by atoms with E-state index in [2.05, 4.69) is 19.4 Å². The van der Waals surface area contributed by atoms with E-state index < -0.39 is 49.9 Å². The summed E-state index contributed by atoms with van der Waals surface area (Å²) < 4.78 is 87.8. The lowest BCUT2D eigenvalue weighted by molar-refractivity contribution is -0.154. The Hall–Kier alpha value is -3.25. The molecule has 0 atom stereocenters. The topological polar surface area (TPSA) is 90.8 Å². The lowest BCUT2D eigenvalue weighted by Gasteiger charge is -2.13. The first-order valence-electron chi connectivity index (χ1n) is 7.64. The van der Waals surface area contributed by atoms with Gasteiger partial charge in [0.25, 0.3) is 0 Å². The molecule has 2 rings (SSSR count). The lowest BCUT2D eigenvalue weighted by Crippen LogP contribution is -2.21. The molecule has 0 bridgehead atoms. The summed E-state index contributed by atoms with van der Waals surface area (Å²) in [5, 5.41) is 8.81. The first kappa shape index (κ1) is 22.0. The van der Waals surface area contributed by atoms with E-state index in [9.17, 15) is 31.1 Å². The number of ether oxygens (including phenoxy) is 3. The zero-order chi connectivity index (χ0) is 21.7. The van der Waals surface area contributed by atoms with E-state index in [0.717, 1.165) is 0 Å². The Morgan fingerprint density at radius 2 is 1.34 bits per heavy atom. The van der Waals surface area contributed by atoms with Crippen molar-refractivity contribution in [3.05, 3.63) is 41.7 Å². The van der Waals surface area contributed by atoms with E-state index in [1.807, 2.05) is 0 Å². The van der Waals surface area contributed by atoms with Crippen LogP contribution in [0.25, 0.3) is 0 Å². The monoisotopic (exact) mass is 426 g/mol. The van der Waals surface area contributed by atoms with Crippen LogP contribution in [0, 0.1) is 0 Å². The molecule has 0 radical (unpaired) electrons. The van der Waals surface area contributed by atoms with Gasteiger partial charge in [0.05, 0.1) is 11.6 Å². The van der Waals surface area contributed by atoms with E-state index in [1.165, 1.54) is 24.3 Å². The van der Waals surface area contributed by atoms with Crippen LogP contribution in [0.5, 0.6) is 17.5 Å². The van der Waals surface area contributed by atoms with Crippen molar-refractivity contribution in [2.75, 3.05) is 13.2 Å². The zero-order valence-corrected chi connectivity index (χ0v) is 14.3. The summed E-state index contributed by atoms with van der Waals surface area (Å²) in [6.07, 6.45) is -9.39. The van der Waals surface area contributed by atoms with Crippen molar-refractivity contribution < 1.29 is 50.5 Å². The van der Waals surface area contributed by atoms with Crippen molar-refractivity contribution in [3.63, 3.8) is 0 Å². The van der Waals surface area contributed by atoms with Crippen LogP contribution in [0.1, 0.15) is 16.2 Å². The van der Waals surface area contributed by atoms with Gasteiger partial charge in [0, 0.05) is 0 Å². The number of alkyl halides is 6. The second-order valence-electron chi connectivity index (χ2n) is 5.39. The first-order chi connectivity index (χ1) is 13.4. The number of carboxylic acid groups (broad SMARTS) is 1. The fourth-order valence-corrected chi connectivity index (χ4v) is 1.82. The second kappa shape index (κ2) is 8.84. The highest BCUT2D eigenvalue weighted by molar-refractivity contribution is 5.87. The molecule has 0 aliphatic carbocycles. The maximum absolute atomic E-state index is 12.3. The van der Waals surface area contributed by atoms with Gasteiger partial charge < -0.3 is 19.3 Å². The van der Waals surface area contributed by atoms with Crippen LogP contribution in [0.2, 0.25) is 0 Å². The van der Waals surface area contributed by atoms with E-state index in [4.69, 9.17) is 9.84 Å². The first-order valence-corrected chi connectivity index (χ1v) is 7.64. The minimum Gasteiger partial charge on any atom is -0.486 e. The molecule has 0 aliphatic heterocycles. The maximum atomic E-state index is 12.3. The number of carbonyl (C=O) groups is 1. The number of aromatic nitrogens is 2. The molecule has 0 spiro atoms. The quantitative estimate of drug-likeness (QED) is 0.645. The molecule has 1 N–H and O–H groups in total. The number of benzene rings is 1. The summed E-state index contributed by atoms with van der Waals surface area (Å²) in [5.41, 5.74) is -0.0148. The summed E-state index contributed by atoms with van der Waals surface area (Å²) in [7, 11) is 0. The molecule has 1 heterocycles. The highest BCUT2D eigenvalue weighted by Gasteiger charge is 2.30. The number of halogens is 6. The van der Waals surface area contributed by atoms with Crippen molar-refractivity contribution in [2.45, 2.75) is 19.0 Å². The summed E-state index contributed by atoms with van der Waals surface area (Å²) in [6.45, 7) is -3.91. The molecule has 2 aromatic rings. The number of carboxylic acids is 1. The zero-order valence-electron chi connectivity index (χ0n) is 14.3. The molecule has 0 fully saturated rings. The Kier molecular flexibility index (Phi) is 6.72. The van der Waals surface area contributed by atoms with Crippen LogP contribution >= 0.6 is 0 Å². The third kappa shape index (κ3) is 8.11. The Bertz CT molecular complexity index is 803. The van der Waals surface area contributed by atoms with Crippen molar-refractivity contribution in [1.82, 2.24) is 9.97 Å².